The first-order valence-electron chi connectivity index (χ1n) is 7.76. The molecule has 5 nitrogen and oxygen atoms in total. The Balaban J connectivity index is 0.00000225. The van der Waals surface area contributed by atoms with Crippen molar-refractivity contribution in [3.8, 4) is 11.3 Å². The summed E-state index contributed by atoms with van der Waals surface area (Å²) >= 11 is 1.57. The first-order chi connectivity index (χ1) is 11.5. The molecule has 0 saturated heterocycles. The summed E-state index contributed by atoms with van der Waals surface area (Å²) in [6.45, 7) is 6.70. The Bertz CT molecular complexity index is 864. The standard InChI is InChI=1S/C18H21N5S.ClH/c1-11-4-6-14(7-5-11)9-21-17(19)23-18-22-16(13(3)24-18)15-8-12(2)20-10-15;/h4-8,10,20H,9H2,1-3H3,(H3,19,21,22,23);1H. The number of benzene rings is 1. The maximum absolute atomic E-state index is 5.98. The zero-order valence-corrected chi connectivity index (χ0v) is 16.1. The van der Waals surface area contributed by atoms with Crippen molar-refractivity contribution in [3.05, 3.63) is 58.2 Å². The van der Waals surface area contributed by atoms with Gasteiger partial charge < -0.3 is 16.0 Å². The monoisotopic (exact) mass is 375 g/mol. The second kappa shape index (κ2) is 8.18. The van der Waals surface area contributed by atoms with E-state index in [-0.39, 0.29) is 12.4 Å². The molecule has 0 fully saturated rings. The summed E-state index contributed by atoms with van der Waals surface area (Å²) in [5.41, 5.74) is 11.5. The molecule has 0 aliphatic rings. The number of halogens is 1. The fraction of sp³-hybridized carbons (Fsp3) is 0.222. The Kier molecular flexibility index (Phi) is 6.22. The van der Waals surface area contributed by atoms with Crippen molar-refractivity contribution in [2.45, 2.75) is 27.3 Å². The van der Waals surface area contributed by atoms with E-state index in [0.29, 0.717) is 12.5 Å². The van der Waals surface area contributed by atoms with Gasteiger partial charge in [-0.2, -0.15) is 0 Å². The van der Waals surface area contributed by atoms with Gasteiger partial charge in [-0.3, -0.25) is 0 Å². The SMILES string of the molecule is Cc1ccc(CN=C(N)Nc2nc(-c3c[nH]c(C)c3)c(C)s2)cc1.Cl. The number of aromatic nitrogens is 2. The van der Waals surface area contributed by atoms with E-state index in [1.54, 1.807) is 11.3 Å². The number of nitrogens with zero attached hydrogens (tertiary/aromatic N) is 2. The van der Waals surface area contributed by atoms with E-state index in [4.69, 9.17) is 5.73 Å². The molecule has 3 aromatic rings. The van der Waals surface area contributed by atoms with Crippen LogP contribution in [0.4, 0.5) is 5.13 Å². The number of nitrogens with one attached hydrogen (secondary N) is 2. The average molecular weight is 376 g/mol. The predicted molar refractivity (Wildman–Crippen MR) is 109 cm³/mol. The van der Waals surface area contributed by atoms with Crippen LogP contribution in [0.25, 0.3) is 11.3 Å². The first-order valence-corrected chi connectivity index (χ1v) is 8.58. The van der Waals surface area contributed by atoms with Crippen LogP contribution in [-0.2, 0) is 6.54 Å². The second-order valence-corrected chi connectivity index (χ2v) is 7.01. The summed E-state index contributed by atoms with van der Waals surface area (Å²) in [7, 11) is 0. The highest BCUT2D eigenvalue weighted by molar-refractivity contribution is 7.16. The fourth-order valence-corrected chi connectivity index (χ4v) is 3.22. The van der Waals surface area contributed by atoms with E-state index in [1.165, 1.54) is 5.56 Å². The van der Waals surface area contributed by atoms with Crippen molar-refractivity contribution in [1.29, 1.82) is 0 Å². The van der Waals surface area contributed by atoms with Crippen LogP contribution in [0.3, 0.4) is 0 Å². The molecule has 3 rings (SSSR count). The lowest BCUT2D eigenvalue weighted by molar-refractivity contribution is 1.06. The molecule has 0 aliphatic carbocycles. The topological polar surface area (TPSA) is 79.1 Å². The molecule has 0 spiro atoms. The van der Waals surface area contributed by atoms with Crippen LogP contribution in [0.1, 0.15) is 21.7 Å². The fourth-order valence-electron chi connectivity index (χ4n) is 2.38. The lowest BCUT2D eigenvalue weighted by Crippen LogP contribution is -2.22. The highest BCUT2D eigenvalue weighted by atomic mass is 35.5. The lowest BCUT2D eigenvalue weighted by atomic mass is 10.1. The molecule has 0 bridgehead atoms. The van der Waals surface area contributed by atoms with E-state index in [0.717, 1.165) is 32.5 Å². The third-order valence-corrected chi connectivity index (χ3v) is 4.57. The van der Waals surface area contributed by atoms with Crippen LogP contribution in [-0.4, -0.2) is 15.9 Å². The Hall–Kier alpha value is -2.31. The van der Waals surface area contributed by atoms with Crippen molar-refractivity contribution in [3.63, 3.8) is 0 Å². The number of H-pyrrole nitrogens is 1. The molecule has 0 atom stereocenters. The Morgan fingerprint density at radius 1 is 1.24 bits per heavy atom. The zero-order valence-electron chi connectivity index (χ0n) is 14.5. The highest BCUT2D eigenvalue weighted by Crippen LogP contribution is 2.30. The molecule has 25 heavy (non-hydrogen) atoms. The average Bonchev–Trinajstić information content (AvgIpc) is 3.12. The van der Waals surface area contributed by atoms with Gasteiger partial charge in [0.05, 0.1) is 12.2 Å². The minimum absolute atomic E-state index is 0. The summed E-state index contributed by atoms with van der Waals surface area (Å²) in [6, 6.07) is 10.4. The van der Waals surface area contributed by atoms with Crippen LogP contribution in [0.15, 0.2) is 41.5 Å². The van der Waals surface area contributed by atoms with Gasteiger partial charge in [0.1, 0.15) is 0 Å². The van der Waals surface area contributed by atoms with Crippen molar-refractivity contribution >= 4 is 34.8 Å². The molecule has 132 valence electrons. The van der Waals surface area contributed by atoms with Crippen LogP contribution in [0.2, 0.25) is 0 Å². The number of rotatable bonds is 4. The number of aryl methyl sites for hydroxylation is 3. The number of thiazole rings is 1. The number of aliphatic imine (C=N–C) groups is 1. The number of guanidine groups is 1. The van der Waals surface area contributed by atoms with E-state index >= 15 is 0 Å². The van der Waals surface area contributed by atoms with Gasteiger partial charge in [0.15, 0.2) is 11.1 Å². The van der Waals surface area contributed by atoms with Crippen LogP contribution >= 0.6 is 23.7 Å². The van der Waals surface area contributed by atoms with E-state index in [9.17, 15) is 0 Å². The van der Waals surface area contributed by atoms with Gasteiger partial charge in [0.2, 0.25) is 0 Å². The van der Waals surface area contributed by atoms with Gasteiger partial charge in [-0.15, -0.1) is 23.7 Å². The maximum atomic E-state index is 5.98. The lowest BCUT2D eigenvalue weighted by Gasteiger charge is -2.02. The molecule has 0 saturated carbocycles. The van der Waals surface area contributed by atoms with Gasteiger partial charge in [-0.1, -0.05) is 29.8 Å². The summed E-state index contributed by atoms with van der Waals surface area (Å²) in [4.78, 5) is 13.3. The number of hydrogen-bond donors (Lipinski definition) is 3. The molecule has 2 heterocycles. The highest BCUT2D eigenvalue weighted by Gasteiger charge is 2.11. The minimum Gasteiger partial charge on any atom is -0.370 e. The summed E-state index contributed by atoms with van der Waals surface area (Å²) in [5.74, 6) is 0.376. The van der Waals surface area contributed by atoms with E-state index in [2.05, 4.69) is 64.5 Å². The van der Waals surface area contributed by atoms with E-state index < -0.39 is 0 Å². The molecule has 0 aliphatic heterocycles. The molecule has 0 unspecified atom stereocenters. The summed E-state index contributed by atoms with van der Waals surface area (Å²) < 4.78 is 0. The molecule has 0 radical (unpaired) electrons. The number of hydrogen-bond acceptors (Lipinski definition) is 3. The van der Waals surface area contributed by atoms with Gasteiger partial charge in [0.25, 0.3) is 0 Å². The van der Waals surface area contributed by atoms with Crippen molar-refractivity contribution < 1.29 is 0 Å². The quantitative estimate of drug-likeness (QED) is 0.466. The Morgan fingerprint density at radius 3 is 2.60 bits per heavy atom. The van der Waals surface area contributed by atoms with Gasteiger partial charge in [-0.25, -0.2) is 9.98 Å². The van der Waals surface area contributed by atoms with Crippen LogP contribution in [0.5, 0.6) is 0 Å². The third-order valence-electron chi connectivity index (χ3n) is 3.68. The first kappa shape index (κ1) is 19.0. The van der Waals surface area contributed by atoms with Gasteiger partial charge in [0, 0.05) is 22.3 Å². The Labute approximate surface area is 157 Å². The maximum Gasteiger partial charge on any atom is 0.195 e. The molecule has 2 aromatic heterocycles. The summed E-state index contributed by atoms with van der Waals surface area (Å²) in [5, 5.41) is 3.84. The van der Waals surface area contributed by atoms with Crippen LogP contribution < -0.4 is 11.1 Å². The number of aromatic amines is 1. The zero-order chi connectivity index (χ0) is 17.1. The molecular weight excluding hydrogens is 354 g/mol. The predicted octanol–water partition coefficient (Wildman–Crippen LogP) is 4.41. The number of anilines is 1. The van der Waals surface area contributed by atoms with Gasteiger partial charge >= 0.3 is 0 Å². The third kappa shape index (κ3) is 4.84. The largest absolute Gasteiger partial charge is 0.370 e. The minimum atomic E-state index is 0. The van der Waals surface area contributed by atoms with Crippen molar-refractivity contribution in [2.24, 2.45) is 10.7 Å². The van der Waals surface area contributed by atoms with Crippen molar-refractivity contribution in [1.82, 2.24) is 9.97 Å². The summed E-state index contributed by atoms with van der Waals surface area (Å²) in [6.07, 6.45) is 1.97. The van der Waals surface area contributed by atoms with E-state index in [1.807, 2.05) is 13.1 Å². The van der Waals surface area contributed by atoms with Gasteiger partial charge in [-0.05, 0) is 32.4 Å². The molecular formula is C18H22ClN5S. The molecule has 7 heteroatoms. The molecule has 1 aromatic carbocycles. The molecule has 4 N–H and O–H groups in total. The second-order valence-electron chi connectivity index (χ2n) is 5.81. The smallest absolute Gasteiger partial charge is 0.195 e. The van der Waals surface area contributed by atoms with Crippen LogP contribution in [0, 0.1) is 20.8 Å². The normalized spacial score (nSPS) is 11.2. The van der Waals surface area contributed by atoms with Crippen molar-refractivity contribution in [2.75, 3.05) is 5.32 Å². The number of nitrogens with two attached hydrogens (primary N) is 1. The molecule has 0 amide bonds. The Morgan fingerprint density at radius 2 is 1.96 bits per heavy atom.